The third-order valence-electron chi connectivity index (χ3n) is 5.29. The molecule has 0 bridgehead atoms. The molecule has 1 aliphatic rings. The Morgan fingerprint density at radius 1 is 1.08 bits per heavy atom. The van der Waals surface area contributed by atoms with Crippen LogP contribution < -0.4 is 0 Å². The minimum atomic E-state index is 0.388. The molecule has 1 aliphatic heterocycles. The second-order valence-electron chi connectivity index (χ2n) is 7.08. The van der Waals surface area contributed by atoms with Crippen molar-refractivity contribution in [3.05, 3.63) is 83.9 Å². The third kappa shape index (κ3) is 2.59. The van der Waals surface area contributed by atoms with Crippen molar-refractivity contribution in [2.45, 2.75) is 12.5 Å². The molecule has 4 nitrogen and oxygen atoms in total. The number of H-pyrrole nitrogens is 1. The first-order valence-electron chi connectivity index (χ1n) is 8.93. The summed E-state index contributed by atoms with van der Waals surface area (Å²) in [6, 6.07) is 15.6. The quantitative estimate of drug-likeness (QED) is 0.595. The Morgan fingerprint density at radius 2 is 2.04 bits per heavy atom. The first-order chi connectivity index (χ1) is 12.8. The molecule has 128 valence electrons. The number of nitrogens with one attached hydrogen (secondary N) is 1. The van der Waals surface area contributed by atoms with E-state index < -0.39 is 0 Å². The van der Waals surface area contributed by atoms with Crippen molar-refractivity contribution < 1.29 is 0 Å². The van der Waals surface area contributed by atoms with E-state index in [2.05, 4.69) is 69.4 Å². The van der Waals surface area contributed by atoms with Gasteiger partial charge >= 0.3 is 0 Å². The maximum Gasteiger partial charge on any atom is 0.0885 e. The summed E-state index contributed by atoms with van der Waals surface area (Å²) >= 11 is 0. The number of aromatic nitrogens is 3. The zero-order chi connectivity index (χ0) is 17.5. The van der Waals surface area contributed by atoms with Crippen LogP contribution in [0.15, 0.2) is 67.3 Å². The van der Waals surface area contributed by atoms with Gasteiger partial charge < -0.3 is 9.88 Å². The fourth-order valence-corrected chi connectivity index (χ4v) is 4.03. The van der Waals surface area contributed by atoms with Gasteiger partial charge in [0, 0.05) is 48.7 Å². The number of aromatic amines is 1. The molecule has 5 rings (SSSR count). The number of benzene rings is 2. The van der Waals surface area contributed by atoms with E-state index in [9.17, 15) is 0 Å². The maximum absolute atomic E-state index is 4.44. The van der Waals surface area contributed by atoms with Gasteiger partial charge in [0.15, 0.2) is 0 Å². The van der Waals surface area contributed by atoms with E-state index in [-0.39, 0.29) is 0 Å². The molecule has 0 fully saturated rings. The van der Waals surface area contributed by atoms with Gasteiger partial charge in [0.2, 0.25) is 0 Å². The molecule has 0 aliphatic carbocycles. The summed E-state index contributed by atoms with van der Waals surface area (Å²) in [5, 5.41) is 1.27. The number of likely N-dealkylation sites (N-methyl/N-ethyl adjacent to an activating group) is 1. The van der Waals surface area contributed by atoms with Gasteiger partial charge in [-0.1, -0.05) is 18.2 Å². The molecule has 0 saturated carbocycles. The van der Waals surface area contributed by atoms with Gasteiger partial charge in [-0.3, -0.25) is 9.97 Å². The smallest absolute Gasteiger partial charge is 0.0885 e. The normalized spacial score (nSPS) is 17.3. The molecule has 26 heavy (non-hydrogen) atoms. The number of rotatable bonds is 2. The van der Waals surface area contributed by atoms with Crippen LogP contribution in [0.3, 0.4) is 0 Å². The monoisotopic (exact) mass is 340 g/mol. The number of hydrogen-bond donors (Lipinski definition) is 1. The van der Waals surface area contributed by atoms with Gasteiger partial charge in [0.05, 0.1) is 11.9 Å². The van der Waals surface area contributed by atoms with Crippen molar-refractivity contribution in [1.29, 1.82) is 0 Å². The lowest BCUT2D eigenvalue weighted by Crippen LogP contribution is -2.31. The van der Waals surface area contributed by atoms with Gasteiger partial charge in [-0.2, -0.15) is 0 Å². The largest absolute Gasteiger partial charge is 0.361 e. The second-order valence-corrected chi connectivity index (χ2v) is 7.08. The zero-order valence-electron chi connectivity index (χ0n) is 14.7. The van der Waals surface area contributed by atoms with Crippen LogP contribution in [0.2, 0.25) is 0 Å². The highest BCUT2D eigenvalue weighted by Gasteiger charge is 2.25. The van der Waals surface area contributed by atoms with Gasteiger partial charge in [0.1, 0.15) is 0 Å². The summed E-state index contributed by atoms with van der Waals surface area (Å²) in [4.78, 5) is 14.3. The van der Waals surface area contributed by atoms with Crippen molar-refractivity contribution in [3.8, 4) is 11.3 Å². The molecule has 4 aromatic rings. The average molecular weight is 340 g/mol. The van der Waals surface area contributed by atoms with Crippen LogP contribution >= 0.6 is 0 Å². The zero-order valence-corrected chi connectivity index (χ0v) is 14.7. The maximum atomic E-state index is 4.44. The average Bonchev–Trinajstić information content (AvgIpc) is 3.15. The fraction of sp³-hybridized carbons (Fsp3) is 0.182. The summed E-state index contributed by atoms with van der Waals surface area (Å²) in [7, 11) is 2.19. The van der Waals surface area contributed by atoms with Crippen LogP contribution in [0.5, 0.6) is 0 Å². The van der Waals surface area contributed by atoms with Gasteiger partial charge in [-0.25, -0.2) is 0 Å². The predicted molar refractivity (Wildman–Crippen MR) is 104 cm³/mol. The predicted octanol–water partition coefficient (Wildman–Crippen LogP) is 4.20. The topological polar surface area (TPSA) is 44.8 Å². The Morgan fingerprint density at radius 3 is 2.92 bits per heavy atom. The summed E-state index contributed by atoms with van der Waals surface area (Å²) < 4.78 is 0. The van der Waals surface area contributed by atoms with E-state index in [1.807, 2.05) is 12.4 Å². The van der Waals surface area contributed by atoms with Gasteiger partial charge in [-0.05, 0) is 53.4 Å². The van der Waals surface area contributed by atoms with Crippen LogP contribution in [0.25, 0.3) is 22.2 Å². The summed E-state index contributed by atoms with van der Waals surface area (Å²) in [6.45, 7) is 2.00. The molecule has 1 unspecified atom stereocenters. The minimum Gasteiger partial charge on any atom is -0.361 e. The van der Waals surface area contributed by atoms with E-state index in [4.69, 9.17) is 0 Å². The lowest BCUT2D eigenvalue weighted by Gasteiger charge is -2.33. The molecule has 2 aromatic heterocycles. The number of nitrogens with zero attached hydrogens (tertiary/aromatic N) is 3. The highest BCUT2D eigenvalue weighted by Crippen LogP contribution is 2.35. The molecular formula is C22H20N4. The Bertz CT molecular complexity index is 1070. The second kappa shape index (κ2) is 6.07. The Kier molecular flexibility index (Phi) is 3.57. The Hall–Kier alpha value is -2.98. The minimum absolute atomic E-state index is 0.388. The van der Waals surface area contributed by atoms with Gasteiger partial charge in [0.25, 0.3) is 0 Å². The summed E-state index contributed by atoms with van der Waals surface area (Å²) in [5.41, 5.74) is 7.42. The molecule has 1 atom stereocenters. The summed E-state index contributed by atoms with van der Waals surface area (Å²) in [6.07, 6.45) is 7.28. The first kappa shape index (κ1) is 15.3. The molecule has 2 aromatic carbocycles. The standard InChI is InChI=1S/C22H20N4/c1-26-13-18-11-16(22-12-23-8-9-25-22)2-4-19(18)20(14-26)15-3-5-21-17(10-15)6-7-24-21/h2-12,20,24H,13-14H2,1H3. The first-order valence-corrected chi connectivity index (χ1v) is 8.93. The van der Waals surface area contributed by atoms with E-state index >= 15 is 0 Å². The molecule has 0 spiro atoms. The highest BCUT2D eigenvalue weighted by atomic mass is 15.1. The molecule has 0 amide bonds. The third-order valence-corrected chi connectivity index (χ3v) is 5.29. The molecule has 0 radical (unpaired) electrons. The van der Waals surface area contributed by atoms with E-state index in [1.165, 1.54) is 27.6 Å². The molecule has 4 heteroatoms. The van der Waals surface area contributed by atoms with Crippen LogP contribution in [0, 0.1) is 0 Å². The lowest BCUT2D eigenvalue weighted by atomic mass is 9.83. The van der Waals surface area contributed by atoms with Crippen molar-refractivity contribution in [2.75, 3.05) is 13.6 Å². The van der Waals surface area contributed by atoms with E-state index in [0.717, 1.165) is 24.3 Å². The SMILES string of the molecule is CN1Cc2cc(-c3cnccn3)ccc2C(c2ccc3[nH]ccc3c2)C1. The van der Waals surface area contributed by atoms with Crippen molar-refractivity contribution >= 4 is 10.9 Å². The van der Waals surface area contributed by atoms with Crippen LogP contribution in [0.4, 0.5) is 0 Å². The highest BCUT2D eigenvalue weighted by molar-refractivity contribution is 5.80. The fourth-order valence-electron chi connectivity index (χ4n) is 4.03. The van der Waals surface area contributed by atoms with Crippen molar-refractivity contribution in [1.82, 2.24) is 19.9 Å². The van der Waals surface area contributed by atoms with Crippen LogP contribution in [-0.4, -0.2) is 33.4 Å². The van der Waals surface area contributed by atoms with Crippen molar-refractivity contribution in [2.24, 2.45) is 0 Å². The summed E-state index contributed by atoms with van der Waals surface area (Å²) in [5.74, 6) is 0.388. The van der Waals surface area contributed by atoms with Gasteiger partial charge in [-0.15, -0.1) is 0 Å². The van der Waals surface area contributed by atoms with Crippen LogP contribution in [-0.2, 0) is 6.54 Å². The van der Waals surface area contributed by atoms with Crippen LogP contribution in [0.1, 0.15) is 22.6 Å². The Balaban J connectivity index is 1.59. The molecule has 1 N–H and O–H groups in total. The molecule has 3 heterocycles. The molecule has 0 saturated heterocycles. The van der Waals surface area contributed by atoms with E-state index in [1.54, 1.807) is 12.4 Å². The Labute approximate surface area is 152 Å². The number of fused-ring (bicyclic) bond motifs is 2. The lowest BCUT2D eigenvalue weighted by molar-refractivity contribution is 0.295. The number of hydrogen-bond acceptors (Lipinski definition) is 3. The van der Waals surface area contributed by atoms with Crippen molar-refractivity contribution in [3.63, 3.8) is 0 Å². The van der Waals surface area contributed by atoms with E-state index in [0.29, 0.717) is 5.92 Å². The molecular weight excluding hydrogens is 320 g/mol.